The van der Waals surface area contributed by atoms with Crippen molar-refractivity contribution in [2.75, 3.05) is 0 Å². The van der Waals surface area contributed by atoms with Gasteiger partial charge >= 0.3 is 0 Å². The van der Waals surface area contributed by atoms with Crippen molar-refractivity contribution in [3.05, 3.63) is 72.7 Å². The molecule has 0 N–H and O–H groups in total. The maximum Gasteiger partial charge on any atom is 0.257 e. The molecule has 4 aromatic rings. The van der Waals surface area contributed by atoms with Crippen LogP contribution in [-0.2, 0) is 12.8 Å². The van der Waals surface area contributed by atoms with Crippen LogP contribution in [0, 0.1) is 0 Å². The molecule has 0 aliphatic carbocycles. The standard InChI is InChI=1S/C19H16N4OS/c1-23-16(14-8-4-2-5-9-14)12-20-19(23)25-13-17-21-18(24-22-17)15-10-6-3-7-11-15/h2-12H,13H2,1H3. The minimum Gasteiger partial charge on any atom is -0.334 e. The van der Waals surface area contributed by atoms with Gasteiger partial charge in [-0.15, -0.1) is 0 Å². The Bertz CT molecular complexity index is 964. The summed E-state index contributed by atoms with van der Waals surface area (Å²) in [5.41, 5.74) is 3.16. The number of thioether (sulfide) groups is 1. The summed E-state index contributed by atoms with van der Waals surface area (Å²) in [4.78, 5) is 8.97. The molecule has 0 aliphatic heterocycles. The molecule has 124 valence electrons. The van der Waals surface area contributed by atoms with Crippen LogP contribution in [0.15, 0.2) is 76.5 Å². The molecule has 0 unspecified atom stereocenters. The maximum absolute atomic E-state index is 5.34. The maximum atomic E-state index is 5.34. The first-order valence-electron chi connectivity index (χ1n) is 7.89. The Morgan fingerprint density at radius 2 is 1.64 bits per heavy atom. The molecule has 6 heteroatoms. The number of nitrogens with zero attached hydrogens (tertiary/aromatic N) is 4. The molecule has 0 saturated carbocycles. The molecular weight excluding hydrogens is 332 g/mol. The first-order chi connectivity index (χ1) is 12.3. The van der Waals surface area contributed by atoms with E-state index in [4.69, 9.17) is 4.52 Å². The Morgan fingerprint density at radius 3 is 2.36 bits per heavy atom. The van der Waals surface area contributed by atoms with Crippen LogP contribution in [0.2, 0.25) is 0 Å². The summed E-state index contributed by atoms with van der Waals surface area (Å²) in [5, 5.41) is 4.98. The van der Waals surface area contributed by atoms with Gasteiger partial charge in [-0.25, -0.2) is 4.98 Å². The zero-order chi connectivity index (χ0) is 17.1. The average Bonchev–Trinajstić information content (AvgIpc) is 3.28. The van der Waals surface area contributed by atoms with E-state index in [0.717, 1.165) is 22.0 Å². The first-order valence-corrected chi connectivity index (χ1v) is 8.88. The predicted molar refractivity (Wildman–Crippen MR) is 97.9 cm³/mol. The van der Waals surface area contributed by atoms with Crippen LogP contribution in [0.5, 0.6) is 0 Å². The minimum absolute atomic E-state index is 0.543. The van der Waals surface area contributed by atoms with Gasteiger partial charge in [0.1, 0.15) is 0 Å². The van der Waals surface area contributed by atoms with Crippen molar-refractivity contribution in [3.63, 3.8) is 0 Å². The molecule has 0 fully saturated rings. The highest BCUT2D eigenvalue weighted by Crippen LogP contribution is 2.27. The molecule has 4 rings (SSSR count). The number of aromatic nitrogens is 4. The third kappa shape index (κ3) is 3.34. The quantitative estimate of drug-likeness (QED) is 0.499. The molecule has 0 spiro atoms. The Hall–Kier alpha value is -2.86. The van der Waals surface area contributed by atoms with E-state index in [0.29, 0.717) is 17.5 Å². The summed E-state index contributed by atoms with van der Waals surface area (Å²) in [6, 6.07) is 20.0. The van der Waals surface area contributed by atoms with Gasteiger partial charge in [-0.3, -0.25) is 0 Å². The number of rotatable bonds is 5. The van der Waals surface area contributed by atoms with Crippen LogP contribution in [0.3, 0.4) is 0 Å². The van der Waals surface area contributed by atoms with Gasteiger partial charge in [-0.2, -0.15) is 4.98 Å². The summed E-state index contributed by atoms with van der Waals surface area (Å²) < 4.78 is 7.42. The fourth-order valence-electron chi connectivity index (χ4n) is 2.54. The van der Waals surface area contributed by atoms with Gasteiger partial charge in [0.05, 0.1) is 17.6 Å². The van der Waals surface area contributed by atoms with Gasteiger partial charge in [-0.05, 0) is 17.7 Å². The summed E-state index contributed by atoms with van der Waals surface area (Å²) >= 11 is 1.59. The van der Waals surface area contributed by atoms with E-state index in [1.54, 1.807) is 11.8 Å². The van der Waals surface area contributed by atoms with Crippen LogP contribution < -0.4 is 0 Å². The SMILES string of the molecule is Cn1c(-c2ccccc2)cnc1SCc1noc(-c2ccccc2)n1. The normalized spacial score (nSPS) is 10.9. The molecule has 5 nitrogen and oxygen atoms in total. The fraction of sp³-hybridized carbons (Fsp3) is 0.105. The van der Waals surface area contributed by atoms with Crippen molar-refractivity contribution < 1.29 is 4.52 Å². The van der Waals surface area contributed by atoms with Crippen LogP contribution in [0.4, 0.5) is 0 Å². The van der Waals surface area contributed by atoms with E-state index >= 15 is 0 Å². The summed E-state index contributed by atoms with van der Waals surface area (Å²) in [6.45, 7) is 0. The van der Waals surface area contributed by atoms with Gasteiger partial charge < -0.3 is 9.09 Å². The lowest BCUT2D eigenvalue weighted by Gasteiger charge is -2.04. The molecule has 0 saturated heterocycles. The van der Waals surface area contributed by atoms with Crippen molar-refractivity contribution in [1.82, 2.24) is 19.7 Å². The summed E-state index contributed by atoms with van der Waals surface area (Å²) in [6.07, 6.45) is 1.89. The van der Waals surface area contributed by atoms with Crippen molar-refractivity contribution in [2.24, 2.45) is 7.05 Å². The summed E-state index contributed by atoms with van der Waals surface area (Å²) in [7, 11) is 2.02. The van der Waals surface area contributed by atoms with E-state index in [-0.39, 0.29) is 0 Å². The van der Waals surface area contributed by atoms with Gasteiger partial charge in [0.2, 0.25) is 0 Å². The highest BCUT2D eigenvalue weighted by Gasteiger charge is 2.12. The molecule has 2 aromatic heterocycles. The van der Waals surface area contributed by atoms with Gasteiger partial charge in [-0.1, -0.05) is 65.4 Å². The minimum atomic E-state index is 0.543. The Morgan fingerprint density at radius 1 is 0.960 bits per heavy atom. The van der Waals surface area contributed by atoms with Gasteiger partial charge in [0, 0.05) is 12.6 Å². The lowest BCUT2D eigenvalue weighted by Crippen LogP contribution is -1.95. The molecule has 0 atom stereocenters. The van der Waals surface area contributed by atoms with Gasteiger partial charge in [0.15, 0.2) is 11.0 Å². The second kappa shape index (κ2) is 6.94. The molecule has 0 amide bonds. The number of hydrogen-bond acceptors (Lipinski definition) is 5. The first kappa shape index (κ1) is 15.7. The van der Waals surface area contributed by atoms with E-state index in [9.17, 15) is 0 Å². The molecule has 0 radical (unpaired) electrons. The second-order valence-corrected chi connectivity index (χ2v) is 6.46. The third-order valence-corrected chi connectivity index (χ3v) is 4.87. The summed E-state index contributed by atoms with van der Waals surface area (Å²) in [5.74, 6) is 1.81. The Labute approximate surface area is 149 Å². The van der Waals surface area contributed by atoms with Crippen molar-refractivity contribution in [1.29, 1.82) is 0 Å². The average molecular weight is 348 g/mol. The van der Waals surface area contributed by atoms with Crippen LogP contribution in [0.1, 0.15) is 5.82 Å². The van der Waals surface area contributed by atoms with Crippen LogP contribution >= 0.6 is 11.8 Å². The van der Waals surface area contributed by atoms with Crippen molar-refractivity contribution in [3.8, 4) is 22.7 Å². The topological polar surface area (TPSA) is 56.7 Å². The predicted octanol–water partition coefficient (Wildman–Crippen LogP) is 4.43. The molecule has 2 heterocycles. The van der Waals surface area contributed by atoms with Crippen LogP contribution in [-0.4, -0.2) is 19.7 Å². The number of hydrogen-bond donors (Lipinski definition) is 0. The molecule has 0 aliphatic rings. The highest BCUT2D eigenvalue weighted by molar-refractivity contribution is 7.98. The third-order valence-electron chi connectivity index (χ3n) is 3.83. The monoisotopic (exact) mass is 348 g/mol. The largest absolute Gasteiger partial charge is 0.334 e. The van der Waals surface area contributed by atoms with E-state index in [1.807, 2.05) is 61.8 Å². The molecule has 2 aromatic carbocycles. The van der Waals surface area contributed by atoms with Crippen LogP contribution in [0.25, 0.3) is 22.7 Å². The molecular formula is C19H16N4OS. The van der Waals surface area contributed by atoms with E-state index in [2.05, 4.69) is 31.8 Å². The highest BCUT2D eigenvalue weighted by atomic mass is 32.2. The van der Waals surface area contributed by atoms with Crippen molar-refractivity contribution >= 4 is 11.8 Å². The fourth-order valence-corrected chi connectivity index (χ4v) is 3.34. The van der Waals surface area contributed by atoms with E-state index < -0.39 is 0 Å². The Kier molecular flexibility index (Phi) is 4.35. The molecule has 25 heavy (non-hydrogen) atoms. The number of imidazole rings is 1. The second-order valence-electron chi connectivity index (χ2n) is 5.52. The smallest absolute Gasteiger partial charge is 0.257 e. The van der Waals surface area contributed by atoms with Crippen molar-refractivity contribution in [2.45, 2.75) is 10.9 Å². The van der Waals surface area contributed by atoms with Gasteiger partial charge in [0.25, 0.3) is 5.89 Å². The van der Waals surface area contributed by atoms with E-state index in [1.165, 1.54) is 0 Å². The lowest BCUT2D eigenvalue weighted by atomic mass is 10.2. The zero-order valence-electron chi connectivity index (χ0n) is 13.7. The number of benzene rings is 2. The zero-order valence-corrected chi connectivity index (χ0v) is 14.5. The Balaban J connectivity index is 1.48. The lowest BCUT2D eigenvalue weighted by molar-refractivity contribution is 0.425. The molecule has 0 bridgehead atoms.